The predicted molar refractivity (Wildman–Crippen MR) is 139 cm³/mol. The van der Waals surface area contributed by atoms with Crippen LogP contribution in [0.4, 0.5) is 17.1 Å². The third-order valence-corrected chi connectivity index (χ3v) is 7.39. The van der Waals surface area contributed by atoms with E-state index >= 15 is 0 Å². The molecule has 6 rings (SSSR count). The fourth-order valence-corrected chi connectivity index (χ4v) is 5.64. The number of hydrogen-bond donors (Lipinski definition) is 1. The van der Waals surface area contributed by atoms with E-state index in [1.807, 2.05) is 30.3 Å². The van der Waals surface area contributed by atoms with Gasteiger partial charge in [0.1, 0.15) is 12.4 Å². The third kappa shape index (κ3) is 4.16. The van der Waals surface area contributed by atoms with Gasteiger partial charge in [0.05, 0.1) is 15.9 Å². The summed E-state index contributed by atoms with van der Waals surface area (Å²) in [7, 11) is 0. The molecule has 0 amide bonds. The van der Waals surface area contributed by atoms with E-state index < -0.39 is 4.92 Å². The van der Waals surface area contributed by atoms with Crippen molar-refractivity contribution < 1.29 is 14.6 Å². The summed E-state index contributed by atoms with van der Waals surface area (Å²) in [6.45, 7) is 0.311. The second-order valence-electron chi connectivity index (χ2n) is 9.48. The van der Waals surface area contributed by atoms with Crippen LogP contribution >= 0.6 is 0 Å². The van der Waals surface area contributed by atoms with Crippen molar-refractivity contribution >= 4 is 17.1 Å². The molecule has 1 aliphatic heterocycles. The molecule has 0 fully saturated rings. The Hall–Kier alpha value is -4.72. The van der Waals surface area contributed by atoms with Crippen molar-refractivity contribution in [2.45, 2.75) is 25.0 Å². The molecule has 184 valence electrons. The fourth-order valence-electron chi connectivity index (χ4n) is 5.64. The molecule has 2 aliphatic rings. The number of nitrogens with zero attached hydrogens (tertiary/aromatic N) is 2. The lowest BCUT2D eigenvalue weighted by atomic mass is 9.75. The van der Waals surface area contributed by atoms with Crippen molar-refractivity contribution in [3.8, 4) is 5.75 Å². The van der Waals surface area contributed by atoms with E-state index in [4.69, 9.17) is 4.74 Å². The second kappa shape index (κ2) is 9.05. The van der Waals surface area contributed by atoms with Crippen molar-refractivity contribution in [2.24, 2.45) is 5.92 Å². The number of rotatable bonds is 6. The van der Waals surface area contributed by atoms with Gasteiger partial charge in [0.15, 0.2) is 0 Å². The lowest BCUT2D eigenvalue weighted by molar-refractivity contribution is -0.385. The molecule has 0 bridgehead atoms. The summed E-state index contributed by atoms with van der Waals surface area (Å²) >= 11 is 0. The van der Waals surface area contributed by atoms with Gasteiger partial charge in [-0.3, -0.25) is 20.2 Å². The average Bonchev–Trinajstić information content (AvgIpc) is 3.32. The smallest absolute Gasteiger partial charge is 0.269 e. The highest BCUT2D eigenvalue weighted by Gasteiger charge is 2.43. The summed E-state index contributed by atoms with van der Waals surface area (Å²) in [4.78, 5) is 21.6. The van der Waals surface area contributed by atoms with Crippen molar-refractivity contribution in [1.29, 1.82) is 0 Å². The van der Waals surface area contributed by atoms with Crippen molar-refractivity contribution in [3.05, 3.63) is 139 Å². The first-order valence-electron chi connectivity index (χ1n) is 12.1. The maximum Gasteiger partial charge on any atom is 0.269 e. The molecular weight excluding hydrogens is 470 g/mol. The van der Waals surface area contributed by atoms with Crippen LogP contribution in [0.15, 0.2) is 91.0 Å². The summed E-state index contributed by atoms with van der Waals surface area (Å²) in [5, 5.41) is 26.0. The summed E-state index contributed by atoms with van der Waals surface area (Å²) in [5.41, 5.74) is 6.55. The molecule has 0 spiro atoms. The number of nitro groups is 2. The molecule has 0 radical (unpaired) electrons. The lowest BCUT2D eigenvalue weighted by Gasteiger charge is -2.38. The molecule has 8 heteroatoms. The molecule has 0 saturated carbocycles. The number of benzene rings is 4. The van der Waals surface area contributed by atoms with Crippen LogP contribution in [0, 0.1) is 26.1 Å². The van der Waals surface area contributed by atoms with Crippen LogP contribution < -0.4 is 10.1 Å². The summed E-state index contributed by atoms with van der Waals surface area (Å²) in [6.07, 6.45) is 0.888. The second-order valence-corrected chi connectivity index (χ2v) is 9.48. The molecule has 1 heterocycles. The first kappa shape index (κ1) is 22.7. The van der Waals surface area contributed by atoms with Gasteiger partial charge in [-0.1, -0.05) is 36.4 Å². The first-order valence-corrected chi connectivity index (χ1v) is 12.1. The van der Waals surface area contributed by atoms with Crippen LogP contribution in [0.2, 0.25) is 0 Å². The molecule has 1 aliphatic carbocycles. The first-order chi connectivity index (χ1) is 18.0. The number of non-ortho nitro benzene ring substituents is 2. The zero-order valence-electron chi connectivity index (χ0n) is 19.7. The van der Waals surface area contributed by atoms with Gasteiger partial charge in [-0.2, -0.15) is 0 Å². The van der Waals surface area contributed by atoms with Gasteiger partial charge in [0.25, 0.3) is 11.4 Å². The van der Waals surface area contributed by atoms with Gasteiger partial charge in [-0.25, -0.2) is 0 Å². The van der Waals surface area contributed by atoms with Crippen LogP contribution in [0.25, 0.3) is 0 Å². The van der Waals surface area contributed by atoms with Crippen LogP contribution in [-0.2, 0) is 13.0 Å². The number of ether oxygens (including phenoxy) is 1. The minimum atomic E-state index is -0.421. The Bertz CT molecular complexity index is 1500. The maximum atomic E-state index is 11.5. The molecule has 4 aromatic rings. The largest absolute Gasteiger partial charge is 0.489 e. The van der Waals surface area contributed by atoms with E-state index in [0.29, 0.717) is 12.4 Å². The molecule has 0 unspecified atom stereocenters. The number of anilines is 1. The summed E-state index contributed by atoms with van der Waals surface area (Å²) < 4.78 is 5.91. The Kier molecular flexibility index (Phi) is 5.56. The molecule has 4 aromatic carbocycles. The standard InChI is InChI=1S/C29H23N3O5/c33-31(34)21-9-5-18(6-10-21)17-37-23-12-7-19(8-13-23)29-26-15-20-3-1-2-4-24(20)28(26)25-16-22(32(35)36)11-14-27(25)30-29/h1-14,16,26,28-30H,15,17H2/t26-,28+,29-/m0/s1. The van der Waals surface area contributed by atoms with E-state index in [2.05, 4.69) is 29.6 Å². The van der Waals surface area contributed by atoms with Gasteiger partial charge in [-0.15, -0.1) is 0 Å². The minimum Gasteiger partial charge on any atom is -0.489 e. The Labute approximate surface area is 212 Å². The highest BCUT2D eigenvalue weighted by molar-refractivity contribution is 5.65. The molecular formula is C29H23N3O5. The van der Waals surface area contributed by atoms with E-state index in [-0.39, 0.29) is 34.2 Å². The Balaban J connectivity index is 1.26. The van der Waals surface area contributed by atoms with Gasteiger partial charge in [-0.05, 0) is 70.5 Å². The molecule has 1 N–H and O–H groups in total. The Morgan fingerprint density at radius 1 is 0.811 bits per heavy atom. The quantitative estimate of drug-likeness (QED) is 0.241. The van der Waals surface area contributed by atoms with Crippen LogP contribution in [-0.4, -0.2) is 9.85 Å². The van der Waals surface area contributed by atoms with Gasteiger partial charge in [0.2, 0.25) is 0 Å². The molecule has 37 heavy (non-hydrogen) atoms. The molecule has 0 saturated heterocycles. The highest BCUT2D eigenvalue weighted by atomic mass is 16.6. The monoisotopic (exact) mass is 493 g/mol. The summed E-state index contributed by atoms with van der Waals surface area (Å²) in [5.74, 6) is 1.01. The molecule has 3 atom stereocenters. The van der Waals surface area contributed by atoms with Crippen LogP contribution in [0.3, 0.4) is 0 Å². The molecule has 8 nitrogen and oxygen atoms in total. The maximum absolute atomic E-state index is 11.5. The third-order valence-electron chi connectivity index (χ3n) is 7.39. The average molecular weight is 494 g/mol. The van der Waals surface area contributed by atoms with E-state index in [9.17, 15) is 20.2 Å². The zero-order chi connectivity index (χ0) is 25.5. The Morgan fingerprint density at radius 3 is 2.24 bits per heavy atom. The van der Waals surface area contributed by atoms with Crippen molar-refractivity contribution in [2.75, 3.05) is 5.32 Å². The van der Waals surface area contributed by atoms with Crippen molar-refractivity contribution in [3.63, 3.8) is 0 Å². The van der Waals surface area contributed by atoms with E-state index in [0.717, 1.165) is 28.8 Å². The molecule has 0 aromatic heterocycles. The Morgan fingerprint density at radius 2 is 1.51 bits per heavy atom. The number of fused-ring (bicyclic) bond motifs is 5. The van der Waals surface area contributed by atoms with Crippen molar-refractivity contribution in [1.82, 2.24) is 0 Å². The number of nitrogens with one attached hydrogen (secondary N) is 1. The van der Waals surface area contributed by atoms with E-state index in [1.54, 1.807) is 24.3 Å². The van der Waals surface area contributed by atoms with Crippen LogP contribution in [0.5, 0.6) is 5.75 Å². The van der Waals surface area contributed by atoms with Gasteiger partial charge in [0, 0.05) is 35.9 Å². The summed E-state index contributed by atoms with van der Waals surface area (Å²) in [6, 6.07) is 27.8. The SMILES string of the molecule is O=[N+]([O-])c1ccc(COc2ccc([C@@H]3Nc4ccc([N+](=O)[O-])cc4[C@H]4c5ccccc5C[C@@H]43)cc2)cc1. The van der Waals surface area contributed by atoms with Gasteiger partial charge >= 0.3 is 0 Å². The normalized spacial score (nSPS) is 19.2. The minimum absolute atomic E-state index is 0.0371. The number of nitro benzene ring substituents is 2. The van der Waals surface area contributed by atoms with E-state index in [1.165, 1.54) is 23.3 Å². The highest BCUT2D eigenvalue weighted by Crippen LogP contribution is 2.54. The van der Waals surface area contributed by atoms with Crippen LogP contribution in [0.1, 0.15) is 39.8 Å². The topological polar surface area (TPSA) is 108 Å². The zero-order valence-corrected chi connectivity index (χ0v) is 19.7. The number of hydrogen-bond acceptors (Lipinski definition) is 6. The predicted octanol–water partition coefficient (Wildman–Crippen LogP) is 6.55. The fraction of sp³-hybridized carbons (Fsp3) is 0.172. The van der Waals surface area contributed by atoms with Gasteiger partial charge < -0.3 is 10.1 Å². The lowest BCUT2D eigenvalue weighted by Crippen LogP contribution is -2.30.